The third-order valence-corrected chi connectivity index (χ3v) is 6.36. The van der Waals surface area contributed by atoms with E-state index in [0.717, 1.165) is 30.5 Å². The highest BCUT2D eigenvalue weighted by Crippen LogP contribution is 2.34. The van der Waals surface area contributed by atoms with Crippen LogP contribution >= 0.6 is 0 Å². The van der Waals surface area contributed by atoms with E-state index in [1.165, 1.54) is 44.6 Å². The number of carbonyl (C=O) groups is 1. The second kappa shape index (κ2) is 11.2. The molecule has 3 aromatic rings. The highest BCUT2D eigenvalue weighted by molar-refractivity contribution is 7.92. The number of ether oxygens (including phenoxy) is 2. The molecule has 0 fully saturated rings. The van der Waals surface area contributed by atoms with E-state index in [2.05, 4.69) is 15.2 Å². The van der Waals surface area contributed by atoms with Crippen molar-refractivity contribution in [1.82, 2.24) is 0 Å². The largest absolute Gasteiger partial charge is 0.493 e. The molecule has 0 heterocycles. The standard InChI is InChI=1S/C22H19N5O10S/c1-36-20-9-13(18(26(30)31)11-21(20)37-2)12-23-24-17-8-7-14(10-19(17)27(32)33)38(34,35)25-16-6-4-3-5-15(16)22(28)29/h3-12,24-25H,1-2H3,(H,28,29)/b23-12-. The molecular formula is C22H19N5O10S. The zero-order chi connectivity index (χ0) is 28.0. The third-order valence-electron chi connectivity index (χ3n) is 5.00. The van der Waals surface area contributed by atoms with E-state index >= 15 is 0 Å². The molecule has 0 aliphatic rings. The van der Waals surface area contributed by atoms with Gasteiger partial charge in [-0.25, -0.2) is 13.2 Å². The van der Waals surface area contributed by atoms with Crippen molar-refractivity contribution >= 4 is 45.0 Å². The summed E-state index contributed by atoms with van der Waals surface area (Å²) < 4.78 is 37.9. The van der Waals surface area contributed by atoms with Crippen molar-refractivity contribution in [2.45, 2.75) is 4.90 Å². The van der Waals surface area contributed by atoms with Crippen LogP contribution < -0.4 is 19.6 Å². The van der Waals surface area contributed by atoms with Gasteiger partial charge in [0, 0.05) is 6.07 Å². The average Bonchev–Trinajstić information content (AvgIpc) is 2.88. The van der Waals surface area contributed by atoms with Crippen molar-refractivity contribution in [2.24, 2.45) is 5.10 Å². The Labute approximate surface area is 214 Å². The van der Waals surface area contributed by atoms with Crippen LogP contribution in [0.4, 0.5) is 22.7 Å². The van der Waals surface area contributed by atoms with Gasteiger partial charge in [0.25, 0.3) is 21.4 Å². The van der Waals surface area contributed by atoms with Crippen LogP contribution in [0.25, 0.3) is 0 Å². The molecule has 0 radical (unpaired) electrons. The molecule has 0 bridgehead atoms. The summed E-state index contributed by atoms with van der Waals surface area (Å²) in [6.07, 6.45) is 1.03. The van der Waals surface area contributed by atoms with Crippen LogP contribution in [-0.2, 0) is 10.0 Å². The van der Waals surface area contributed by atoms with Crippen molar-refractivity contribution < 1.29 is 37.6 Å². The predicted octanol–water partition coefficient (Wildman–Crippen LogP) is 3.47. The van der Waals surface area contributed by atoms with Crippen molar-refractivity contribution in [3.05, 3.63) is 86.0 Å². The molecule has 3 N–H and O–H groups in total. The quantitative estimate of drug-likeness (QED) is 0.180. The first kappa shape index (κ1) is 27.3. The van der Waals surface area contributed by atoms with Gasteiger partial charge in [-0.1, -0.05) is 12.1 Å². The van der Waals surface area contributed by atoms with Crippen molar-refractivity contribution in [3.63, 3.8) is 0 Å². The minimum Gasteiger partial charge on any atom is -0.493 e. The molecular weight excluding hydrogens is 526 g/mol. The number of hydrazone groups is 1. The Kier molecular flexibility index (Phi) is 8.07. The molecule has 0 saturated heterocycles. The Balaban J connectivity index is 1.93. The number of nitro benzene ring substituents is 2. The van der Waals surface area contributed by atoms with Gasteiger partial charge < -0.3 is 14.6 Å². The molecule has 15 nitrogen and oxygen atoms in total. The number of carboxylic acid groups (broad SMARTS) is 1. The topological polar surface area (TPSA) is 213 Å². The first-order chi connectivity index (χ1) is 18.0. The van der Waals surface area contributed by atoms with Crippen molar-refractivity contribution in [3.8, 4) is 11.5 Å². The number of anilines is 2. The summed E-state index contributed by atoms with van der Waals surface area (Å²) in [4.78, 5) is 32.4. The van der Waals surface area contributed by atoms with Crippen LogP contribution in [0.5, 0.6) is 11.5 Å². The fraction of sp³-hybridized carbons (Fsp3) is 0.0909. The minimum absolute atomic E-state index is 0.0108. The Morgan fingerprint density at radius 1 is 0.947 bits per heavy atom. The van der Waals surface area contributed by atoms with E-state index in [9.17, 15) is 38.5 Å². The van der Waals surface area contributed by atoms with Crippen molar-refractivity contribution in [1.29, 1.82) is 0 Å². The Morgan fingerprint density at radius 2 is 1.58 bits per heavy atom. The number of methoxy groups -OCH3 is 2. The van der Waals surface area contributed by atoms with Gasteiger partial charge in [0.2, 0.25) is 0 Å². The van der Waals surface area contributed by atoms with Gasteiger partial charge in [-0.05, 0) is 30.3 Å². The number of nitro groups is 2. The summed E-state index contributed by atoms with van der Waals surface area (Å²) in [6.45, 7) is 0. The molecule has 16 heteroatoms. The molecule has 0 spiro atoms. The number of hydrogen-bond donors (Lipinski definition) is 3. The van der Waals surface area contributed by atoms with Gasteiger partial charge >= 0.3 is 5.97 Å². The molecule has 0 aliphatic heterocycles. The Hall–Kier alpha value is -5.25. The maximum Gasteiger partial charge on any atom is 0.337 e. The monoisotopic (exact) mass is 545 g/mol. The smallest absolute Gasteiger partial charge is 0.337 e. The van der Waals surface area contributed by atoms with E-state index in [1.807, 2.05) is 0 Å². The van der Waals surface area contributed by atoms with Gasteiger partial charge in [0.15, 0.2) is 11.5 Å². The molecule has 3 rings (SSSR count). The summed E-state index contributed by atoms with van der Waals surface area (Å²) in [5, 5.41) is 36.1. The predicted molar refractivity (Wildman–Crippen MR) is 135 cm³/mol. The first-order valence-electron chi connectivity index (χ1n) is 10.3. The van der Waals surface area contributed by atoms with E-state index in [4.69, 9.17) is 9.47 Å². The summed E-state index contributed by atoms with van der Waals surface area (Å²) in [5.74, 6) is -1.09. The van der Waals surface area contributed by atoms with E-state index < -0.39 is 36.4 Å². The lowest BCUT2D eigenvalue weighted by molar-refractivity contribution is -0.385. The Bertz CT molecular complexity index is 1560. The number of rotatable bonds is 11. The van der Waals surface area contributed by atoms with Crippen LogP contribution in [-0.4, -0.2) is 49.8 Å². The van der Waals surface area contributed by atoms with Crippen LogP contribution in [0.2, 0.25) is 0 Å². The SMILES string of the molecule is COc1cc(/C=N\Nc2ccc(S(=O)(=O)Nc3ccccc3C(=O)O)cc2[N+](=O)[O-])c([N+](=O)[O-])cc1OC. The maximum absolute atomic E-state index is 12.8. The highest BCUT2D eigenvalue weighted by atomic mass is 32.2. The average molecular weight is 545 g/mol. The number of hydrogen-bond acceptors (Lipinski definition) is 11. The molecule has 0 atom stereocenters. The van der Waals surface area contributed by atoms with Gasteiger partial charge in [-0.3, -0.25) is 30.4 Å². The summed E-state index contributed by atoms with van der Waals surface area (Å²) in [6, 6.07) is 10.5. The number of nitrogens with zero attached hydrogens (tertiary/aromatic N) is 3. The summed E-state index contributed by atoms with van der Waals surface area (Å²) in [5.41, 5.74) is 0.526. The van der Waals surface area contributed by atoms with Crippen LogP contribution in [0.1, 0.15) is 15.9 Å². The maximum atomic E-state index is 12.8. The Morgan fingerprint density at radius 3 is 2.18 bits per heavy atom. The fourth-order valence-electron chi connectivity index (χ4n) is 3.20. The van der Waals surface area contributed by atoms with E-state index in [0.29, 0.717) is 0 Å². The minimum atomic E-state index is -4.42. The zero-order valence-corrected chi connectivity index (χ0v) is 20.5. The first-order valence-corrected chi connectivity index (χ1v) is 11.8. The molecule has 0 aromatic heterocycles. The van der Waals surface area contributed by atoms with Crippen molar-refractivity contribution in [2.75, 3.05) is 24.4 Å². The van der Waals surface area contributed by atoms with E-state index in [1.54, 1.807) is 0 Å². The molecule has 3 aromatic carbocycles. The van der Waals surface area contributed by atoms with Gasteiger partial charge in [-0.15, -0.1) is 0 Å². The normalized spacial score (nSPS) is 11.1. The van der Waals surface area contributed by atoms with Gasteiger partial charge in [0.05, 0.1) is 58.1 Å². The number of carboxylic acids is 1. The van der Waals surface area contributed by atoms with Crippen LogP contribution in [0, 0.1) is 20.2 Å². The number of para-hydroxylation sites is 1. The molecule has 0 amide bonds. The number of benzene rings is 3. The molecule has 0 aliphatic carbocycles. The lowest BCUT2D eigenvalue weighted by atomic mass is 10.1. The summed E-state index contributed by atoms with van der Waals surface area (Å²) >= 11 is 0. The van der Waals surface area contributed by atoms with Gasteiger partial charge in [0.1, 0.15) is 5.69 Å². The number of aromatic carboxylic acids is 1. The summed E-state index contributed by atoms with van der Waals surface area (Å²) in [7, 11) is -1.78. The van der Waals surface area contributed by atoms with E-state index in [-0.39, 0.29) is 39.7 Å². The molecule has 0 unspecified atom stereocenters. The zero-order valence-electron chi connectivity index (χ0n) is 19.6. The molecule has 0 saturated carbocycles. The van der Waals surface area contributed by atoms with Crippen LogP contribution in [0.3, 0.4) is 0 Å². The van der Waals surface area contributed by atoms with Gasteiger partial charge in [-0.2, -0.15) is 5.10 Å². The van der Waals surface area contributed by atoms with Crippen LogP contribution in [0.15, 0.2) is 64.6 Å². The molecule has 198 valence electrons. The molecule has 38 heavy (non-hydrogen) atoms. The highest BCUT2D eigenvalue weighted by Gasteiger charge is 2.24. The lowest BCUT2D eigenvalue weighted by Gasteiger charge is -2.11. The lowest BCUT2D eigenvalue weighted by Crippen LogP contribution is -2.16. The number of sulfonamides is 1. The number of nitrogens with one attached hydrogen (secondary N) is 2. The second-order valence-corrected chi connectivity index (χ2v) is 8.97. The fourth-order valence-corrected chi connectivity index (χ4v) is 4.30. The third kappa shape index (κ3) is 5.93. The second-order valence-electron chi connectivity index (χ2n) is 7.29.